The molecule has 6 heteroatoms. The highest BCUT2D eigenvalue weighted by Gasteiger charge is 2.48. The number of hydrogen-bond donors (Lipinski definition) is 1. The van der Waals surface area contributed by atoms with E-state index < -0.39 is 17.7 Å². The predicted molar refractivity (Wildman–Crippen MR) is 145 cm³/mol. The molecule has 37 heavy (non-hydrogen) atoms. The zero-order valence-electron chi connectivity index (χ0n) is 21.8. The molecule has 0 radical (unpaired) electrons. The number of ketones is 1. The molecule has 1 saturated heterocycles. The maximum atomic E-state index is 13.5. The Labute approximate surface area is 218 Å². The fourth-order valence-corrected chi connectivity index (χ4v) is 4.65. The van der Waals surface area contributed by atoms with Gasteiger partial charge >= 0.3 is 0 Å². The number of amides is 1. The molecule has 3 aromatic carbocycles. The average Bonchev–Trinajstić information content (AvgIpc) is 3.17. The summed E-state index contributed by atoms with van der Waals surface area (Å²) in [6, 6.07) is 19.1. The Morgan fingerprint density at radius 3 is 2.41 bits per heavy atom. The highest BCUT2D eigenvalue weighted by atomic mass is 16.5. The third-order valence-electron chi connectivity index (χ3n) is 6.65. The number of para-hydroxylation sites is 1. The molecule has 0 aliphatic carbocycles. The first-order valence-electron chi connectivity index (χ1n) is 12.6. The average molecular weight is 500 g/mol. The summed E-state index contributed by atoms with van der Waals surface area (Å²) in [5.41, 5.74) is 3.48. The number of aliphatic hydroxyl groups excluding tert-OH is 1. The Hall–Kier alpha value is -4.06. The number of anilines is 1. The molecular weight excluding hydrogens is 466 g/mol. The number of ether oxygens (including phenoxy) is 2. The van der Waals surface area contributed by atoms with E-state index in [0.717, 1.165) is 30.4 Å². The number of unbranched alkanes of at least 4 members (excludes halogenated alkanes) is 2. The van der Waals surface area contributed by atoms with Gasteiger partial charge in [-0.15, -0.1) is 0 Å². The lowest BCUT2D eigenvalue weighted by atomic mass is 9.94. The first-order chi connectivity index (χ1) is 17.9. The number of benzene rings is 3. The Morgan fingerprint density at radius 2 is 1.70 bits per heavy atom. The highest BCUT2D eigenvalue weighted by Crippen LogP contribution is 2.45. The van der Waals surface area contributed by atoms with Crippen LogP contribution in [0.1, 0.15) is 54.5 Å². The van der Waals surface area contributed by atoms with Crippen LogP contribution in [0.2, 0.25) is 0 Å². The molecule has 0 saturated carbocycles. The molecule has 3 aromatic rings. The van der Waals surface area contributed by atoms with Crippen LogP contribution in [0.4, 0.5) is 5.69 Å². The van der Waals surface area contributed by atoms with Gasteiger partial charge in [0.25, 0.3) is 11.7 Å². The van der Waals surface area contributed by atoms with Crippen molar-refractivity contribution in [1.29, 1.82) is 0 Å². The van der Waals surface area contributed by atoms with E-state index in [0.29, 0.717) is 34.9 Å². The molecule has 1 fully saturated rings. The van der Waals surface area contributed by atoms with Crippen molar-refractivity contribution < 1.29 is 24.2 Å². The van der Waals surface area contributed by atoms with E-state index in [4.69, 9.17) is 9.47 Å². The number of carbonyl (C=O) groups is 2. The summed E-state index contributed by atoms with van der Waals surface area (Å²) >= 11 is 0. The van der Waals surface area contributed by atoms with Gasteiger partial charge in [0.1, 0.15) is 17.3 Å². The van der Waals surface area contributed by atoms with Crippen molar-refractivity contribution in [3.63, 3.8) is 0 Å². The lowest BCUT2D eigenvalue weighted by Gasteiger charge is -2.28. The van der Waals surface area contributed by atoms with Crippen molar-refractivity contribution in [1.82, 2.24) is 0 Å². The maximum Gasteiger partial charge on any atom is 0.300 e. The van der Waals surface area contributed by atoms with Gasteiger partial charge in [0.15, 0.2) is 0 Å². The summed E-state index contributed by atoms with van der Waals surface area (Å²) in [7, 11) is 1.54. The maximum absolute atomic E-state index is 13.5. The summed E-state index contributed by atoms with van der Waals surface area (Å²) < 4.78 is 11.4. The Bertz CT molecular complexity index is 1330. The number of aliphatic hydroxyl groups is 1. The van der Waals surface area contributed by atoms with Crippen LogP contribution in [0.25, 0.3) is 5.76 Å². The molecule has 1 aliphatic rings. The standard InChI is InChI=1S/C31H33NO5/c1-5-6-9-18-37-23-16-14-22(15-17-23)29(33)27-28(24-10-7-8-11-26(24)36-4)32(31(35)30(27)34)25-19-20(2)12-13-21(25)3/h7-8,10-17,19,28,33H,5-6,9,18H2,1-4H3/b29-27+. The van der Waals surface area contributed by atoms with Gasteiger partial charge in [-0.05, 0) is 67.8 Å². The van der Waals surface area contributed by atoms with Crippen LogP contribution < -0.4 is 14.4 Å². The smallest absolute Gasteiger partial charge is 0.300 e. The molecule has 1 atom stereocenters. The van der Waals surface area contributed by atoms with Crippen LogP contribution in [0.15, 0.2) is 72.3 Å². The second kappa shape index (κ2) is 11.3. The van der Waals surface area contributed by atoms with Crippen LogP contribution in [-0.4, -0.2) is 30.5 Å². The number of rotatable bonds is 9. The lowest BCUT2D eigenvalue weighted by molar-refractivity contribution is -0.132. The van der Waals surface area contributed by atoms with Gasteiger partial charge in [-0.3, -0.25) is 14.5 Å². The summed E-state index contributed by atoms with van der Waals surface area (Å²) in [6.45, 7) is 6.59. The lowest BCUT2D eigenvalue weighted by Crippen LogP contribution is -2.30. The van der Waals surface area contributed by atoms with Gasteiger partial charge < -0.3 is 14.6 Å². The van der Waals surface area contributed by atoms with E-state index in [9.17, 15) is 14.7 Å². The molecule has 4 rings (SSSR count). The normalized spacial score (nSPS) is 16.8. The summed E-state index contributed by atoms with van der Waals surface area (Å²) in [5, 5.41) is 11.4. The zero-order chi connectivity index (χ0) is 26.5. The van der Waals surface area contributed by atoms with Gasteiger partial charge in [-0.1, -0.05) is 50.1 Å². The molecule has 1 heterocycles. The molecule has 0 spiro atoms. The second-order valence-electron chi connectivity index (χ2n) is 9.28. The third kappa shape index (κ3) is 5.24. The summed E-state index contributed by atoms with van der Waals surface area (Å²) in [6.07, 6.45) is 3.18. The van der Waals surface area contributed by atoms with Gasteiger partial charge in [0, 0.05) is 16.8 Å². The fraction of sp³-hybridized carbons (Fsp3) is 0.290. The Kier molecular flexibility index (Phi) is 7.97. The van der Waals surface area contributed by atoms with Gasteiger partial charge in [0.05, 0.1) is 25.3 Å². The van der Waals surface area contributed by atoms with Crippen molar-refractivity contribution in [2.24, 2.45) is 0 Å². The highest BCUT2D eigenvalue weighted by molar-refractivity contribution is 6.51. The predicted octanol–water partition coefficient (Wildman–Crippen LogP) is 6.51. The van der Waals surface area contributed by atoms with E-state index in [1.54, 1.807) is 37.4 Å². The molecule has 0 aromatic heterocycles. The number of methoxy groups -OCH3 is 1. The van der Waals surface area contributed by atoms with Crippen LogP contribution >= 0.6 is 0 Å². The monoisotopic (exact) mass is 499 g/mol. The van der Waals surface area contributed by atoms with E-state index in [-0.39, 0.29) is 11.3 Å². The van der Waals surface area contributed by atoms with E-state index in [1.165, 1.54) is 4.90 Å². The van der Waals surface area contributed by atoms with Gasteiger partial charge in [-0.2, -0.15) is 0 Å². The molecule has 1 N–H and O–H groups in total. The van der Waals surface area contributed by atoms with Gasteiger partial charge in [0.2, 0.25) is 0 Å². The molecule has 6 nitrogen and oxygen atoms in total. The summed E-state index contributed by atoms with van der Waals surface area (Å²) in [5.74, 6) is -0.466. The molecular formula is C31H33NO5. The Morgan fingerprint density at radius 1 is 0.973 bits per heavy atom. The van der Waals surface area contributed by atoms with Crippen molar-refractivity contribution in [3.8, 4) is 11.5 Å². The van der Waals surface area contributed by atoms with Crippen molar-refractivity contribution in [2.45, 2.75) is 46.1 Å². The van der Waals surface area contributed by atoms with Crippen molar-refractivity contribution >= 4 is 23.1 Å². The minimum Gasteiger partial charge on any atom is -0.507 e. The molecule has 1 unspecified atom stereocenters. The fourth-order valence-electron chi connectivity index (χ4n) is 4.65. The largest absolute Gasteiger partial charge is 0.507 e. The van der Waals surface area contributed by atoms with Crippen LogP contribution in [-0.2, 0) is 9.59 Å². The van der Waals surface area contributed by atoms with Crippen molar-refractivity contribution in [3.05, 3.63) is 94.6 Å². The number of nitrogens with zero attached hydrogens (tertiary/aromatic N) is 1. The second-order valence-corrected chi connectivity index (χ2v) is 9.28. The summed E-state index contributed by atoms with van der Waals surface area (Å²) in [4.78, 5) is 28.4. The third-order valence-corrected chi connectivity index (χ3v) is 6.65. The van der Waals surface area contributed by atoms with E-state index in [2.05, 4.69) is 6.92 Å². The minimum atomic E-state index is -0.860. The number of aryl methyl sites for hydroxylation is 2. The Balaban J connectivity index is 1.82. The number of Topliss-reactive ketones (excluding diaryl/α,β-unsaturated/α-hetero) is 1. The quantitative estimate of drug-likeness (QED) is 0.157. The topological polar surface area (TPSA) is 76.1 Å². The van der Waals surface area contributed by atoms with Crippen LogP contribution in [0.5, 0.6) is 11.5 Å². The number of carbonyl (C=O) groups excluding carboxylic acids is 2. The molecule has 0 bridgehead atoms. The van der Waals surface area contributed by atoms with E-state index >= 15 is 0 Å². The van der Waals surface area contributed by atoms with Crippen LogP contribution in [0.3, 0.4) is 0 Å². The number of hydrogen-bond acceptors (Lipinski definition) is 5. The first-order valence-corrected chi connectivity index (χ1v) is 12.6. The van der Waals surface area contributed by atoms with Crippen LogP contribution in [0, 0.1) is 13.8 Å². The van der Waals surface area contributed by atoms with E-state index in [1.807, 2.05) is 50.2 Å². The molecule has 192 valence electrons. The SMILES string of the molecule is CCCCCOc1ccc(/C(O)=C2\C(=O)C(=O)N(c3cc(C)ccc3C)C2c2ccccc2OC)cc1. The van der Waals surface area contributed by atoms with Gasteiger partial charge in [-0.25, -0.2) is 0 Å². The molecule has 1 amide bonds. The first kappa shape index (κ1) is 26.0. The zero-order valence-corrected chi connectivity index (χ0v) is 21.8. The minimum absolute atomic E-state index is 0.0204. The van der Waals surface area contributed by atoms with Crippen molar-refractivity contribution in [2.75, 3.05) is 18.6 Å². The molecule has 1 aliphatic heterocycles.